The molecule has 7 nitrogen and oxygen atoms in total. The molecule has 2 heterocycles. The standard InChI is InChI=1S/C20H17N3O4/c21-11-13-3-1-2-4-16(13)22-20(25)14-9-19(24)23(12-14)15-5-6-17-18(10-15)27-8-7-26-17/h1-6,10,14H,7-9,12H2,(H,22,25). The molecule has 2 aliphatic heterocycles. The van der Waals surface area contributed by atoms with Gasteiger partial charge in [-0.3, -0.25) is 9.59 Å². The van der Waals surface area contributed by atoms with Gasteiger partial charge in [-0.25, -0.2) is 0 Å². The second kappa shape index (κ2) is 7.00. The molecule has 0 radical (unpaired) electrons. The zero-order chi connectivity index (χ0) is 18.8. The highest BCUT2D eigenvalue weighted by Crippen LogP contribution is 2.36. The van der Waals surface area contributed by atoms with Crippen LogP contribution in [0.5, 0.6) is 11.5 Å². The molecule has 0 aromatic heterocycles. The zero-order valence-electron chi connectivity index (χ0n) is 14.5. The number of nitrogens with one attached hydrogen (secondary N) is 1. The summed E-state index contributed by atoms with van der Waals surface area (Å²) in [5.41, 5.74) is 1.52. The van der Waals surface area contributed by atoms with E-state index < -0.39 is 5.92 Å². The van der Waals surface area contributed by atoms with Crippen LogP contribution in [0.15, 0.2) is 42.5 Å². The van der Waals surface area contributed by atoms with E-state index in [2.05, 4.69) is 5.32 Å². The van der Waals surface area contributed by atoms with Crippen LogP contribution in [-0.4, -0.2) is 31.6 Å². The van der Waals surface area contributed by atoms with Crippen LogP contribution in [0.4, 0.5) is 11.4 Å². The predicted molar refractivity (Wildman–Crippen MR) is 97.7 cm³/mol. The third kappa shape index (κ3) is 3.29. The molecule has 4 rings (SSSR count). The number of nitriles is 1. The van der Waals surface area contributed by atoms with Crippen LogP contribution < -0.4 is 19.7 Å². The average Bonchev–Trinajstić information content (AvgIpc) is 3.10. The molecule has 1 N–H and O–H groups in total. The lowest BCUT2D eigenvalue weighted by molar-refractivity contribution is -0.122. The Bertz CT molecular complexity index is 950. The predicted octanol–water partition coefficient (Wildman–Crippen LogP) is 2.32. The van der Waals surface area contributed by atoms with Crippen LogP contribution in [0.25, 0.3) is 0 Å². The van der Waals surface area contributed by atoms with E-state index in [4.69, 9.17) is 14.7 Å². The number of benzene rings is 2. The van der Waals surface area contributed by atoms with E-state index in [1.165, 1.54) is 0 Å². The highest BCUT2D eigenvalue weighted by atomic mass is 16.6. The lowest BCUT2D eigenvalue weighted by atomic mass is 10.1. The van der Waals surface area contributed by atoms with Crippen LogP contribution in [0.3, 0.4) is 0 Å². The van der Waals surface area contributed by atoms with Gasteiger partial charge in [0.2, 0.25) is 11.8 Å². The maximum absolute atomic E-state index is 12.6. The molecule has 27 heavy (non-hydrogen) atoms. The van der Waals surface area contributed by atoms with Gasteiger partial charge in [0.1, 0.15) is 19.3 Å². The fraction of sp³-hybridized carbons (Fsp3) is 0.250. The maximum atomic E-state index is 12.6. The number of carbonyl (C=O) groups excluding carboxylic acids is 2. The quantitative estimate of drug-likeness (QED) is 0.904. The van der Waals surface area contributed by atoms with E-state index in [-0.39, 0.29) is 24.8 Å². The van der Waals surface area contributed by atoms with Gasteiger partial charge < -0.3 is 19.7 Å². The SMILES string of the molecule is N#Cc1ccccc1NC(=O)C1CC(=O)N(c2ccc3c(c2)OCCO3)C1. The van der Waals surface area contributed by atoms with Crippen molar-refractivity contribution in [2.45, 2.75) is 6.42 Å². The Morgan fingerprint density at radius 2 is 1.93 bits per heavy atom. The first-order valence-corrected chi connectivity index (χ1v) is 8.66. The van der Waals surface area contributed by atoms with Crippen molar-refractivity contribution in [3.8, 4) is 17.6 Å². The maximum Gasteiger partial charge on any atom is 0.229 e. The topological polar surface area (TPSA) is 91.7 Å². The number of anilines is 2. The minimum Gasteiger partial charge on any atom is -0.486 e. The Morgan fingerprint density at radius 1 is 1.15 bits per heavy atom. The molecule has 1 unspecified atom stereocenters. The Kier molecular flexibility index (Phi) is 4.38. The van der Waals surface area contributed by atoms with Crippen LogP contribution in [-0.2, 0) is 9.59 Å². The molecule has 2 aliphatic rings. The van der Waals surface area contributed by atoms with Crippen molar-refractivity contribution in [3.05, 3.63) is 48.0 Å². The Hall–Kier alpha value is -3.53. The first kappa shape index (κ1) is 16.9. The normalized spacial score (nSPS) is 18.1. The summed E-state index contributed by atoms with van der Waals surface area (Å²) in [6.07, 6.45) is 0.120. The van der Waals surface area contributed by atoms with Gasteiger partial charge in [-0.2, -0.15) is 5.26 Å². The van der Waals surface area contributed by atoms with Crippen LogP contribution in [0.1, 0.15) is 12.0 Å². The van der Waals surface area contributed by atoms with E-state index in [9.17, 15) is 9.59 Å². The molecule has 7 heteroatoms. The summed E-state index contributed by atoms with van der Waals surface area (Å²) in [6, 6.07) is 14.2. The third-order valence-electron chi connectivity index (χ3n) is 4.64. The van der Waals surface area contributed by atoms with Crippen molar-refractivity contribution in [1.29, 1.82) is 5.26 Å². The number of hydrogen-bond acceptors (Lipinski definition) is 5. The molecular formula is C20H17N3O4. The number of para-hydroxylation sites is 1. The third-order valence-corrected chi connectivity index (χ3v) is 4.64. The van der Waals surface area contributed by atoms with Gasteiger partial charge in [0, 0.05) is 24.7 Å². The summed E-state index contributed by atoms with van der Waals surface area (Å²) in [6.45, 7) is 1.24. The second-order valence-electron chi connectivity index (χ2n) is 6.38. The Labute approximate surface area is 156 Å². The number of ether oxygens (including phenoxy) is 2. The van der Waals surface area contributed by atoms with Crippen LogP contribution >= 0.6 is 0 Å². The molecule has 0 bridgehead atoms. The van der Waals surface area contributed by atoms with Gasteiger partial charge in [-0.1, -0.05) is 12.1 Å². The van der Waals surface area contributed by atoms with Crippen LogP contribution in [0, 0.1) is 17.2 Å². The van der Waals surface area contributed by atoms with Gasteiger partial charge in [-0.15, -0.1) is 0 Å². The molecule has 1 atom stereocenters. The number of nitrogens with zero attached hydrogens (tertiary/aromatic N) is 2. The lowest BCUT2D eigenvalue weighted by Gasteiger charge is -2.22. The monoisotopic (exact) mass is 363 g/mol. The van der Waals surface area contributed by atoms with Crippen LogP contribution in [0.2, 0.25) is 0 Å². The van der Waals surface area contributed by atoms with Gasteiger partial charge >= 0.3 is 0 Å². The van der Waals surface area contributed by atoms with E-state index in [0.717, 1.165) is 0 Å². The molecule has 136 valence electrons. The molecule has 0 aliphatic carbocycles. The summed E-state index contributed by atoms with van der Waals surface area (Å²) in [7, 11) is 0. The molecule has 1 fully saturated rings. The number of amides is 2. The van der Waals surface area contributed by atoms with Crippen molar-refractivity contribution in [2.75, 3.05) is 30.0 Å². The van der Waals surface area contributed by atoms with E-state index in [1.54, 1.807) is 47.4 Å². The minimum atomic E-state index is -0.488. The number of rotatable bonds is 3. The number of hydrogen-bond donors (Lipinski definition) is 1. The first-order chi connectivity index (χ1) is 13.2. The summed E-state index contributed by atoms with van der Waals surface area (Å²) in [4.78, 5) is 26.6. The largest absolute Gasteiger partial charge is 0.486 e. The first-order valence-electron chi connectivity index (χ1n) is 8.66. The molecule has 2 amide bonds. The fourth-order valence-corrected chi connectivity index (χ4v) is 3.26. The van der Waals surface area contributed by atoms with Gasteiger partial charge in [-0.05, 0) is 24.3 Å². The van der Waals surface area contributed by atoms with Crippen molar-refractivity contribution in [1.82, 2.24) is 0 Å². The van der Waals surface area contributed by atoms with Crippen molar-refractivity contribution in [2.24, 2.45) is 5.92 Å². The van der Waals surface area contributed by atoms with Crippen molar-refractivity contribution < 1.29 is 19.1 Å². The van der Waals surface area contributed by atoms with Gasteiger partial charge in [0.05, 0.1) is 17.2 Å². The molecule has 1 saturated heterocycles. The molecule has 0 saturated carbocycles. The van der Waals surface area contributed by atoms with E-state index in [0.29, 0.717) is 41.7 Å². The Morgan fingerprint density at radius 3 is 2.74 bits per heavy atom. The van der Waals surface area contributed by atoms with E-state index >= 15 is 0 Å². The lowest BCUT2D eigenvalue weighted by Crippen LogP contribution is -2.28. The average molecular weight is 363 g/mol. The molecule has 2 aromatic carbocycles. The van der Waals surface area contributed by atoms with Gasteiger partial charge in [0.25, 0.3) is 0 Å². The second-order valence-corrected chi connectivity index (χ2v) is 6.38. The minimum absolute atomic E-state index is 0.120. The summed E-state index contributed by atoms with van der Waals surface area (Å²) < 4.78 is 11.1. The smallest absolute Gasteiger partial charge is 0.229 e. The number of fused-ring (bicyclic) bond motifs is 1. The molecule has 2 aromatic rings. The summed E-state index contributed by atoms with van der Waals surface area (Å²) in [5, 5.41) is 11.9. The number of carbonyl (C=O) groups is 2. The molecule has 0 spiro atoms. The zero-order valence-corrected chi connectivity index (χ0v) is 14.5. The van der Waals surface area contributed by atoms with E-state index in [1.807, 2.05) is 6.07 Å². The Balaban J connectivity index is 1.49. The summed E-state index contributed by atoms with van der Waals surface area (Å²) >= 11 is 0. The molecular weight excluding hydrogens is 346 g/mol. The highest BCUT2D eigenvalue weighted by Gasteiger charge is 2.35. The van der Waals surface area contributed by atoms with Gasteiger partial charge in [0.15, 0.2) is 11.5 Å². The van der Waals surface area contributed by atoms with Crippen molar-refractivity contribution >= 4 is 23.2 Å². The fourth-order valence-electron chi connectivity index (χ4n) is 3.26. The highest BCUT2D eigenvalue weighted by molar-refractivity contribution is 6.04. The summed E-state index contributed by atoms with van der Waals surface area (Å²) in [5.74, 6) is 0.366. The van der Waals surface area contributed by atoms with Crippen molar-refractivity contribution in [3.63, 3.8) is 0 Å².